The van der Waals surface area contributed by atoms with E-state index in [2.05, 4.69) is 50.6 Å². The third-order valence-electron chi connectivity index (χ3n) is 2.49. The molecule has 0 spiro atoms. The first-order valence-corrected chi connectivity index (χ1v) is 7.31. The number of nitrogens with zero attached hydrogens (tertiary/aromatic N) is 1. The van der Waals surface area contributed by atoms with Crippen molar-refractivity contribution in [2.75, 3.05) is 26.8 Å². The molecular formula is C14H23BrIN3O. The van der Waals surface area contributed by atoms with Crippen molar-refractivity contribution in [2.45, 2.75) is 19.9 Å². The van der Waals surface area contributed by atoms with Gasteiger partial charge >= 0.3 is 0 Å². The fourth-order valence-electron chi connectivity index (χ4n) is 1.53. The molecule has 0 aliphatic rings. The molecule has 1 rings (SSSR count). The quantitative estimate of drug-likeness (QED) is 0.287. The van der Waals surface area contributed by atoms with E-state index in [0.29, 0.717) is 6.54 Å². The summed E-state index contributed by atoms with van der Waals surface area (Å²) >= 11 is 3.43. The third-order valence-corrected chi connectivity index (χ3v) is 3.02. The second-order valence-electron chi connectivity index (χ2n) is 4.09. The minimum Gasteiger partial charge on any atom is -0.385 e. The van der Waals surface area contributed by atoms with Gasteiger partial charge in [-0.3, -0.25) is 0 Å². The Bertz CT molecular complexity index is 385. The first kappa shape index (κ1) is 19.7. The number of rotatable bonds is 7. The molecule has 6 heteroatoms. The smallest absolute Gasteiger partial charge is 0.191 e. The van der Waals surface area contributed by atoms with Crippen LogP contribution in [0.25, 0.3) is 0 Å². The molecule has 0 radical (unpaired) electrons. The number of nitrogens with one attached hydrogen (secondary N) is 2. The van der Waals surface area contributed by atoms with E-state index in [1.165, 1.54) is 5.56 Å². The Morgan fingerprint density at radius 1 is 1.25 bits per heavy atom. The number of ether oxygens (including phenoxy) is 1. The topological polar surface area (TPSA) is 45.7 Å². The molecule has 0 aliphatic carbocycles. The minimum absolute atomic E-state index is 0. The predicted octanol–water partition coefficient (Wildman–Crippen LogP) is 3.16. The molecule has 20 heavy (non-hydrogen) atoms. The molecule has 0 bridgehead atoms. The number of methoxy groups -OCH3 is 1. The summed E-state index contributed by atoms with van der Waals surface area (Å²) < 4.78 is 6.11. The standard InChI is InChI=1S/C14H22BrN3O.HI/c1-3-16-14(17-9-4-10-19-2)18-11-12-5-7-13(15)8-6-12;/h5-8H,3-4,9-11H2,1-2H3,(H2,16,17,18);1H. The Labute approximate surface area is 146 Å². The molecule has 4 nitrogen and oxygen atoms in total. The summed E-state index contributed by atoms with van der Waals surface area (Å²) in [6.07, 6.45) is 0.971. The minimum atomic E-state index is 0. The fourth-order valence-corrected chi connectivity index (χ4v) is 1.79. The molecule has 0 amide bonds. The molecule has 0 atom stereocenters. The summed E-state index contributed by atoms with van der Waals surface area (Å²) in [5.74, 6) is 0.849. The van der Waals surface area contributed by atoms with Gasteiger partial charge in [-0.05, 0) is 31.0 Å². The SMILES string of the molecule is CCNC(=NCc1ccc(Br)cc1)NCCCOC.I. The maximum absolute atomic E-state index is 5.02. The van der Waals surface area contributed by atoms with E-state index in [0.717, 1.165) is 36.5 Å². The van der Waals surface area contributed by atoms with Crippen molar-refractivity contribution in [3.8, 4) is 0 Å². The number of hydrogen-bond acceptors (Lipinski definition) is 2. The number of hydrogen-bond donors (Lipinski definition) is 2. The van der Waals surface area contributed by atoms with E-state index in [-0.39, 0.29) is 24.0 Å². The second-order valence-corrected chi connectivity index (χ2v) is 5.01. The van der Waals surface area contributed by atoms with E-state index in [4.69, 9.17) is 4.74 Å². The summed E-state index contributed by atoms with van der Waals surface area (Å²) in [7, 11) is 1.72. The van der Waals surface area contributed by atoms with Crippen LogP contribution in [-0.2, 0) is 11.3 Å². The first-order chi connectivity index (χ1) is 9.26. The molecule has 1 aromatic carbocycles. The molecule has 2 N–H and O–H groups in total. The maximum Gasteiger partial charge on any atom is 0.191 e. The van der Waals surface area contributed by atoms with E-state index in [1.54, 1.807) is 7.11 Å². The first-order valence-electron chi connectivity index (χ1n) is 6.51. The monoisotopic (exact) mass is 455 g/mol. The predicted molar refractivity (Wildman–Crippen MR) is 98.9 cm³/mol. The van der Waals surface area contributed by atoms with Gasteiger partial charge in [-0.15, -0.1) is 24.0 Å². The van der Waals surface area contributed by atoms with Gasteiger partial charge in [0.2, 0.25) is 0 Å². The summed E-state index contributed by atoms with van der Waals surface area (Å²) in [5.41, 5.74) is 1.19. The molecule has 0 fully saturated rings. The second kappa shape index (κ2) is 12.4. The fraction of sp³-hybridized carbons (Fsp3) is 0.500. The highest BCUT2D eigenvalue weighted by atomic mass is 127. The van der Waals surface area contributed by atoms with Crippen molar-refractivity contribution in [2.24, 2.45) is 4.99 Å². The Hall–Kier alpha value is -0.340. The lowest BCUT2D eigenvalue weighted by atomic mass is 10.2. The molecule has 0 unspecified atom stereocenters. The molecule has 0 heterocycles. The van der Waals surface area contributed by atoms with Gasteiger partial charge in [-0.25, -0.2) is 4.99 Å². The van der Waals surface area contributed by atoms with Crippen LogP contribution in [0, 0.1) is 0 Å². The van der Waals surface area contributed by atoms with Crippen LogP contribution in [0.3, 0.4) is 0 Å². The molecular weight excluding hydrogens is 433 g/mol. The largest absolute Gasteiger partial charge is 0.385 e. The van der Waals surface area contributed by atoms with Gasteiger partial charge in [0, 0.05) is 31.3 Å². The lowest BCUT2D eigenvalue weighted by molar-refractivity contribution is 0.195. The van der Waals surface area contributed by atoms with Crippen LogP contribution in [-0.4, -0.2) is 32.8 Å². The Morgan fingerprint density at radius 3 is 2.55 bits per heavy atom. The van der Waals surface area contributed by atoms with Gasteiger partial charge in [-0.1, -0.05) is 28.1 Å². The molecule has 0 aromatic heterocycles. The van der Waals surface area contributed by atoms with Gasteiger partial charge in [0.15, 0.2) is 5.96 Å². The van der Waals surface area contributed by atoms with E-state index >= 15 is 0 Å². The highest BCUT2D eigenvalue weighted by Gasteiger charge is 1.97. The van der Waals surface area contributed by atoms with Crippen molar-refractivity contribution in [3.05, 3.63) is 34.3 Å². The van der Waals surface area contributed by atoms with Gasteiger partial charge in [0.1, 0.15) is 0 Å². The van der Waals surface area contributed by atoms with Crippen LogP contribution >= 0.6 is 39.9 Å². The molecule has 1 aromatic rings. The van der Waals surface area contributed by atoms with E-state index < -0.39 is 0 Å². The normalized spacial score (nSPS) is 10.8. The lowest BCUT2D eigenvalue weighted by Crippen LogP contribution is -2.38. The van der Waals surface area contributed by atoms with Crippen LogP contribution < -0.4 is 10.6 Å². The number of benzene rings is 1. The molecule has 0 saturated heterocycles. The Morgan fingerprint density at radius 2 is 1.95 bits per heavy atom. The highest BCUT2D eigenvalue weighted by Crippen LogP contribution is 2.10. The average molecular weight is 456 g/mol. The third kappa shape index (κ3) is 8.76. The zero-order valence-corrected chi connectivity index (χ0v) is 15.9. The highest BCUT2D eigenvalue weighted by molar-refractivity contribution is 14.0. The summed E-state index contributed by atoms with van der Waals surface area (Å²) in [6.45, 7) is 5.22. The van der Waals surface area contributed by atoms with Gasteiger partial charge in [0.05, 0.1) is 6.54 Å². The molecule has 114 valence electrons. The Balaban J connectivity index is 0.00000361. The lowest BCUT2D eigenvalue weighted by Gasteiger charge is -2.11. The van der Waals surface area contributed by atoms with Crippen LogP contribution in [0.2, 0.25) is 0 Å². The summed E-state index contributed by atoms with van der Waals surface area (Å²) in [6, 6.07) is 8.21. The van der Waals surface area contributed by atoms with Crippen molar-refractivity contribution in [1.82, 2.24) is 10.6 Å². The van der Waals surface area contributed by atoms with Crippen molar-refractivity contribution in [1.29, 1.82) is 0 Å². The van der Waals surface area contributed by atoms with Crippen LogP contribution in [0.15, 0.2) is 33.7 Å². The molecule has 0 aliphatic heterocycles. The number of guanidine groups is 1. The summed E-state index contributed by atoms with van der Waals surface area (Å²) in [4.78, 5) is 4.55. The number of halogens is 2. The van der Waals surface area contributed by atoms with Gasteiger partial charge < -0.3 is 15.4 Å². The van der Waals surface area contributed by atoms with E-state index in [1.807, 2.05) is 12.1 Å². The Kier molecular flexibility index (Phi) is 12.2. The van der Waals surface area contributed by atoms with Crippen LogP contribution in [0.1, 0.15) is 18.9 Å². The van der Waals surface area contributed by atoms with Gasteiger partial charge in [0.25, 0.3) is 0 Å². The zero-order valence-electron chi connectivity index (χ0n) is 12.0. The van der Waals surface area contributed by atoms with E-state index in [9.17, 15) is 0 Å². The summed E-state index contributed by atoms with van der Waals surface area (Å²) in [5, 5.41) is 6.52. The molecule has 0 saturated carbocycles. The number of aliphatic imine (C=N–C) groups is 1. The van der Waals surface area contributed by atoms with Crippen molar-refractivity contribution in [3.63, 3.8) is 0 Å². The van der Waals surface area contributed by atoms with Gasteiger partial charge in [-0.2, -0.15) is 0 Å². The van der Waals surface area contributed by atoms with Crippen molar-refractivity contribution >= 4 is 45.9 Å². The van der Waals surface area contributed by atoms with Crippen LogP contribution in [0.5, 0.6) is 0 Å². The zero-order chi connectivity index (χ0) is 13.9. The average Bonchev–Trinajstić information content (AvgIpc) is 2.42. The maximum atomic E-state index is 5.02. The van der Waals surface area contributed by atoms with Crippen LogP contribution in [0.4, 0.5) is 0 Å². The van der Waals surface area contributed by atoms with Crippen molar-refractivity contribution < 1.29 is 4.74 Å².